The monoisotopic (exact) mass is 168 g/mol. The SMILES string of the molecule is CCOC(=O)C(C)=C1CC(C)C1. The Bertz CT molecular complexity index is 208. The summed E-state index contributed by atoms with van der Waals surface area (Å²) < 4.78 is 4.90. The molecule has 0 aromatic carbocycles. The Labute approximate surface area is 73.6 Å². The van der Waals surface area contributed by atoms with E-state index in [1.54, 1.807) is 0 Å². The zero-order chi connectivity index (χ0) is 9.14. The molecule has 1 rings (SSSR count). The molecule has 0 atom stereocenters. The van der Waals surface area contributed by atoms with Crippen LogP contribution in [-0.2, 0) is 9.53 Å². The van der Waals surface area contributed by atoms with Crippen LogP contribution in [0.4, 0.5) is 0 Å². The quantitative estimate of drug-likeness (QED) is 0.467. The van der Waals surface area contributed by atoms with Gasteiger partial charge in [0.25, 0.3) is 0 Å². The van der Waals surface area contributed by atoms with E-state index in [2.05, 4.69) is 6.92 Å². The summed E-state index contributed by atoms with van der Waals surface area (Å²) in [5, 5.41) is 0. The molecule has 1 saturated carbocycles. The molecule has 0 unspecified atom stereocenters. The molecule has 0 N–H and O–H groups in total. The average Bonchev–Trinajstić information content (AvgIpc) is 1.98. The van der Waals surface area contributed by atoms with Crippen molar-refractivity contribution in [2.75, 3.05) is 6.61 Å². The number of carbonyl (C=O) groups excluding carboxylic acids is 1. The maximum Gasteiger partial charge on any atom is 0.333 e. The molecule has 0 heterocycles. The summed E-state index contributed by atoms with van der Waals surface area (Å²) in [6.45, 7) is 6.36. The minimum atomic E-state index is -0.139. The summed E-state index contributed by atoms with van der Waals surface area (Å²) in [5.41, 5.74) is 2.11. The van der Waals surface area contributed by atoms with E-state index in [-0.39, 0.29) is 5.97 Å². The molecule has 0 spiro atoms. The van der Waals surface area contributed by atoms with Crippen molar-refractivity contribution in [2.24, 2.45) is 5.92 Å². The van der Waals surface area contributed by atoms with Gasteiger partial charge >= 0.3 is 5.97 Å². The van der Waals surface area contributed by atoms with E-state index in [9.17, 15) is 4.79 Å². The molecule has 0 amide bonds. The van der Waals surface area contributed by atoms with Gasteiger partial charge in [-0.3, -0.25) is 0 Å². The third-order valence-electron chi connectivity index (χ3n) is 2.30. The lowest BCUT2D eigenvalue weighted by atomic mass is 9.79. The number of esters is 1. The van der Waals surface area contributed by atoms with Crippen LogP contribution in [0.5, 0.6) is 0 Å². The number of hydrogen-bond acceptors (Lipinski definition) is 2. The van der Waals surface area contributed by atoms with Crippen LogP contribution in [0.3, 0.4) is 0 Å². The Morgan fingerprint density at radius 2 is 2.17 bits per heavy atom. The Hall–Kier alpha value is -0.790. The molecule has 1 aliphatic carbocycles. The minimum absolute atomic E-state index is 0.139. The van der Waals surface area contributed by atoms with Crippen LogP contribution >= 0.6 is 0 Å². The molecule has 0 saturated heterocycles. The molecular formula is C10H16O2. The van der Waals surface area contributed by atoms with E-state index in [1.165, 1.54) is 5.57 Å². The summed E-state index contributed by atoms with van der Waals surface area (Å²) in [5.74, 6) is 0.615. The van der Waals surface area contributed by atoms with Gasteiger partial charge in [-0.1, -0.05) is 12.5 Å². The molecule has 2 nitrogen and oxygen atoms in total. The number of ether oxygens (including phenoxy) is 1. The van der Waals surface area contributed by atoms with Gasteiger partial charge in [-0.05, 0) is 32.6 Å². The Morgan fingerprint density at radius 1 is 1.58 bits per heavy atom. The molecule has 0 aromatic heterocycles. The van der Waals surface area contributed by atoms with Gasteiger partial charge in [-0.25, -0.2) is 4.79 Å². The smallest absolute Gasteiger partial charge is 0.333 e. The highest BCUT2D eigenvalue weighted by atomic mass is 16.5. The van der Waals surface area contributed by atoms with E-state index in [0.29, 0.717) is 6.61 Å². The van der Waals surface area contributed by atoms with Crippen molar-refractivity contribution in [2.45, 2.75) is 33.6 Å². The zero-order valence-corrected chi connectivity index (χ0v) is 8.02. The second kappa shape index (κ2) is 3.74. The van der Waals surface area contributed by atoms with Crippen LogP contribution < -0.4 is 0 Å². The molecule has 0 aliphatic heterocycles. The lowest BCUT2D eigenvalue weighted by Crippen LogP contribution is -2.17. The van der Waals surface area contributed by atoms with Crippen LogP contribution in [0.15, 0.2) is 11.1 Å². The fraction of sp³-hybridized carbons (Fsp3) is 0.700. The Balaban J connectivity index is 2.52. The fourth-order valence-electron chi connectivity index (χ4n) is 1.47. The lowest BCUT2D eigenvalue weighted by molar-refractivity contribution is -0.138. The summed E-state index contributed by atoms with van der Waals surface area (Å²) in [7, 11) is 0. The van der Waals surface area contributed by atoms with E-state index in [1.807, 2.05) is 13.8 Å². The van der Waals surface area contributed by atoms with Crippen LogP contribution in [-0.4, -0.2) is 12.6 Å². The average molecular weight is 168 g/mol. The summed E-state index contributed by atoms with van der Waals surface area (Å²) >= 11 is 0. The van der Waals surface area contributed by atoms with Crippen molar-refractivity contribution in [3.05, 3.63) is 11.1 Å². The lowest BCUT2D eigenvalue weighted by Gasteiger charge is -2.27. The first-order chi connectivity index (χ1) is 5.65. The van der Waals surface area contributed by atoms with Gasteiger partial charge in [-0.2, -0.15) is 0 Å². The maximum atomic E-state index is 11.2. The molecule has 0 radical (unpaired) electrons. The van der Waals surface area contributed by atoms with Crippen LogP contribution in [0.1, 0.15) is 33.6 Å². The molecule has 1 aliphatic rings. The third-order valence-corrected chi connectivity index (χ3v) is 2.30. The predicted octanol–water partition coefficient (Wildman–Crippen LogP) is 2.30. The number of rotatable bonds is 2. The van der Waals surface area contributed by atoms with Gasteiger partial charge in [0.1, 0.15) is 0 Å². The highest BCUT2D eigenvalue weighted by molar-refractivity contribution is 5.88. The summed E-state index contributed by atoms with van der Waals surface area (Å²) in [6.07, 6.45) is 2.15. The van der Waals surface area contributed by atoms with E-state index >= 15 is 0 Å². The first-order valence-corrected chi connectivity index (χ1v) is 4.50. The molecule has 68 valence electrons. The van der Waals surface area contributed by atoms with E-state index in [0.717, 1.165) is 24.3 Å². The van der Waals surface area contributed by atoms with E-state index < -0.39 is 0 Å². The Kier molecular flexibility index (Phi) is 2.90. The second-order valence-corrected chi connectivity index (χ2v) is 3.46. The Morgan fingerprint density at radius 3 is 2.58 bits per heavy atom. The largest absolute Gasteiger partial charge is 0.463 e. The third kappa shape index (κ3) is 1.87. The first kappa shape index (κ1) is 9.30. The number of allylic oxidation sites excluding steroid dienone is 1. The standard InChI is InChI=1S/C10H16O2/c1-4-12-10(11)8(3)9-5-7(2)6-9/h7H,4-6H2,1-3H3. The molecule has 2 heteroatoms. The molecule has 0 bridgehead atoms. The predicted molar refractivity (Wildman–Crippen MR) is 47.7 cm³/mol. The van der Waals surface area contributed by atoms with E-state index in [4.69, 9.17) is 4.74 Å². The maximum absolute atomic E-state index is 11.2. The fourth-order valence-corrected chi connectivity index (χ4v) is 1.47. The summed E-state index contributed by atoms with van der Waals surface area (Å²) in [4.78, 5) is 11.2. The first-order valence-electron chi connectivity index (χ1n) is 4.50. The van der Waals surface area contributed by atoms with Gasteiger partial charge in [0, 0.05) is 5.57 Å². The van der Waals surface area contributed by atoms with Gasteiger partial charge in [0.05, 0.1) is 6.61 Å². The summed E-state index contributed by atoms with van der Waals surface area (Å²) in [6, 6.07) is 0. The highest BCUT2D eigenvalue weighted by Gasteiger charge is 2.23. The van der Waals surface area contributed by atoms with Crippen molar-refractivity contribution in [1.82, 2.24) is 0 Å². The van der Waals surface area contributed by atoms with Gasteiger partial charge < -0.3 is 4.74 Å². The van der Waals surface area contributed by atoms with Crippen molar-refractivity contribution < 1.29 is 9.53 Å². The molecule has 0 aromatic rings. The zero-order valence-electron chi connectivity index (χ0n) is 8.02. The van der Waals surface area contributed by atoms with Crippen molar-refractivity contribution >= 4 is 5.97 Å². The van der Waals surface area contributed by atoms with Crippen molar-refractivity contribution in [3.63, 3.8) is 0 Å². The molecule has 12 heavy (non-hydrogen) atoms. The molecule has 1 fully saturated rings. The van der Waals surface area contributed by atoms with Crippen LogP contribution in [0, 0.1) is 5.92 Å². The normalized spacial score (nSPS) is 21.6. The highest BCUT2D eigenvalue weighted by Crippen LogP contribution is 2.34. The van der Waals surface area contributed by atoms with Gasteiger partial charge in [0.15, 0.2) is 0 Å². The van der Waals surface area contributed by atoms with Crippen molar-refractivity contribution in [1.29, 1.82) is 0 Å². The number of hydrogen-bond donors (Lipinski definition) is 0. The van der Waals surface area contributed by atoms with Crippen molar-refractivity contribution in [3.8, 4) is 0 Å². The number of carbonyl (C=O) groups is 1. The van der Waals surface area contributed by atoms with Gasteiger partial charge in [-0.15, -0.1) is 0 Å². The van der Waals surface area contributed by atoms with Crippen LogP contribution in [0.25, 0.3) is 0 Å². The topological polar surface area (TPSA) is 26.3 Å². The van der Waals surface area contributed by atoms with Crippen LogP contribution in [0.2, 0.25) is 0 Å². The molecular weight excluding hydrogens is 152 g/mol. The minimum Gasteiger partial charge on any atom is -0.463 e. The second-order valence-electron chi connectivity index (χ2n) is 3.46. The van der Waals surface area contributed by atoms with Gasteiger partial charge in [0.2, 0.25) is 0 Å².